The normalized spacial score (nSPS) is 21.1. The largest absolute Gasteiger partial charge is 0.368 e. The quantitative estimate of drug-likeness (QED) is 0.922. The Hall–Kier alpha value is -1.88. The number of rotatable bonds is 4. The maximum absolute atomic E-state index is 12.3. The highest BCUT2D eigenvalue weighted by atomic mass is 16.5. The molecule has 1 saturated heterocycles. The third kappa shape index (κ3) is 3.24. The van der Waals surface area contributed by atoms with Gasteiger partial charge in [0, 0.05) is 30.9 Å². The van der Waals surface area contributed by atoms with E-state index in [-0.39, 0.29) is 17.9 Å². The summed E-state index contributed by atoms with van der Waals surface area (Å²) in [5, 5.41) is 2.83. The number of nitrogens with zero attached hydrogens (tertiary/aromatic N) is 1. The molecule has 3 rings (SSSR count). The second-order valence-electron chi connectivity index (χ2n) is 5.72. The second-order valence-corrected chi connectivity index (χ2v) is 5.72. The van der Waals surface area contributed by atoms with Crippen molar-refractivity contribution in [2.24, 2.45) is 0 Å². The Morgan fingerprint density at radius 2 is 2.10 bits per heavy atom. The van der Waals surface area contributed by atoms with Crippen molar-refractivity contribution in [1.29, 1.82) is 0 Å². The number of carbonyl (C=O) groups is 2. The standard InChI is InChI=1S/C16H20N2O3/c1-18(13-7-8-13)16(20)11-4-2-5-12(10-11)17-15(19)14-6-3-9-21-14/h2,4-5,10,13-14H,3,6-9H2,1H3,(H,17,19)/t14-/m1/s1. The Bertz CT molecular complexity index is 548. The van der Waals surface area contributed by atoms with Gasteiger partial charge in [0.1, 0.15) is 6.10 Å². The molecular weight excluding hydrogens is 268 g/mol. The van der Waals surface area contributed by atoms with E-state index in [2.05, 4.69) is 5.32 Å². The van der Waals surface area contributed by atoms with Crippen LogP contribution in [0.4, 0.5) is 5.69 Å². The van der Waals surface area contributed by atoms with Gasteiger partial charge in [0.2, 0.25) is 0 Å². The van der Waals surface area contributed by atoms with Gasteiger partial charge in [-0.3, -0.25) is 9.59 Å². The van der Waals surface area contributed by atoms with Crippen LogP contribution in [0.5, 0.6) is 0 Å². The van der Waals surface area contributed by atoms with Crippen molar-refractivity contribution in [3.63, 3.8) is 0 Å². The van der Waals surface area contributed by atoms with E-state index in [1.54, 1.807) is 29.2 Å². The van der Waals surface area contributed by atoms with Gasteiger partial charge >= 0.3 is 0 Å². The molecule has 2 aliphatic rings. The number of benzene rings is 1. The fourth-order valence-corrected chi connectivity index (χ4v) is 2.57. The maximum atomic E-state index is 12.3. The molecular formula is C16H20N2O3. The fourth-order valence-electron chi connectivity index (χ4n) is 2.57. The minimum atomic E-state index is -0.363. The van der Waals surface area contributed by atoms with Crippen LogP contribution >= 0.6 is 0 Å². The number of anilines is 1. The number of amides is 2. The number of ether oxygens (including phenoxy) is 1. The zero-order chi connectivity index (χ0) is 14.8. The third-order valence-electron chi connectivity index (χ3n) is 4.01. The molecule has 0 bridgehead atoms. The van der Waals surface area contributed by atoms with Gasteiger partial charge in [-0.25, -0.2) is 0 Å². The van der Waals surface area contributed by atoms with Crippen LogP contribution in [0.3, 0.4) is 0 Å². The molecule has 1 aliphatic heterocycles. The van der Waals surface area contributed by atoms with Crippen LogP contribution in [-0.4, -0.2) is 42.5 Å². The first-order valence-electron chi connectivity index (χ1n) is 7.45. The predicted molar refractivity (Wildman–Crippen MR) is 79.2 cm³/mol. The Balaban J connectivity index is 1.67. The topological polar surface area (TPSA) is 58.6 Å². The highest BCUT2D eigenvalue weighted by molar-refractivity contribution is 5.98. The van der Waals surface area contributed by atoms with Crippen molar-refractivity contribution in [3.05, 3.63) is 29.8 Å². The summed E-state index contributed by atoms with van der Waals surface area (Å²) in [6.07, 6.45) is 3.48. The molecule has 1 aromatic rings. The number of nitrogens with one attached hydrogen (secondary N) is 1. The summed E-state index contributed by atoms with van der Waals surface area (Å²) in [4.78, 5) is 26.1. The molecule has 1 aromatic carbocycles. The molecule has 0 aromatic heterocycles. The van der Waals surface area contributed by atoms with Crippen LogP contribution in [0.2, 0.25) is 0 Å². The van der Waals surface area contributed by atoms with E-state index < -0.39 is 0 Å². The van der Waals surface area contributed by atoms with Gasteiger partial charge in [0.25, 0.3) is 11.8 Å². The Labute approximate surface area is 124 Å². The minimum Gasteiger partial charge on any atom is -0.368 e. The van der Waals surface area contributed by atoms with Gasteiger partial charge in [-0.1, -0.05) is 6.07 Å². The fraction of sp³-hybridized carbons (Fsp3) is 0.500. The molecule has 2 fully saturated rings. The monoisotopic (exact) mass is 288 g/mol. The van der Waals surface area contributed by atoms with Crippen molar-refractivity contribution < 1.29 is 14.3 Å². The van der Waals surface area contributed by atoms with Crippen LogP contribution in [0.1, 0.15) is 36.0 Å². The highest BCUT2D eigenvalue weighted by Gasteiger charge is 2.30. The molecule has 1 atom stereocenters. The maximum Gasteiger partial charge on any atom is 0.253 e. The summed E-state index contributed by atoms with van der Waals surface area (Å²) in [6, 6.07) is 7.47. The highest BCUT2D eigenvalue weighted by Crippen LogP contribution is 2.27. The minimum absolute atomic E-state index is 0.00529. The summed E-state index contributed by atoms with van der Waals surface area (Å²) < 4.78 is 5.36. The zero-order valence-corrected chi connectivity index (χ0v) is 12.2. The lowest BCUT2D eigenvalue weighted by molar-refractivity contribution is -0.124. The summed E-state index contributed by atoms with van der Waals surface area (Å²) in [5.41, 5.74) is 1.25. The van der Waals surface area contributed by atoms with Gasteiger partial charge in [-0.2, -0.15) is 0 Å². The lowest BCUT2D eigenvalue weighted by atomic mass is 10.1. The molecule has 5 nitrogen and oxygen atoms in total. The van der Waals surface area contributed by atoms with Crippen LogP contribution in [0.25, 0.3) is 0 Å². The van der Waals surface area contributed by atoms with E-state index in [9.17, 15) is 9.59 Å². The molecule has 2 amide bonds. The van der Waals surface area contributed by atoms with Crippen molar-refractivity contribution in [2.75, 3.05) is 19.0 Å². The predicted octanol–water partition coefficient (Wildman–Crippen LogP) is 2.04. The van der Waals surface area contributed by atoms with Crippen molar-refractivity contribution in [1.82, 2.24) is 4.90 Å². The molecule has 0 radical (unpaired) electrons. The SMILES string of the molecule is CN(C(=O)c1cccc(NC(=O)[C@H]2CCCO2)c1)C1CC1. The molecule has 1 aliphatic carbocycles. The average Bonchev–Trinajstić information content (AvgIpc) is 3.20. The van der Waals surface area contributed by atoms with Crippen LogP contribution < -0.4 is 5.32 Å². The Kier molecular flexibility index (Phi) is 3.92. The van der Waals surface area contributed by atoms with Crippen molar-refractivity contribution >= 4 is 17.5 Å². The van der Waals surface area contributed by atoms with Crippen molar-refractivity contribution in [3.8, 4) is 0 Å². The summed E-state index contributed by atoms with van der Waals surface area (Å²) in [7, 11) is 1.83. The molecule has 112 valence electrons. The zero-order valence-electron chi connectivity index (χ0n) is 12.2. The van der Waals surface area contributed by atoms with Crippen LogP contribution in [0.15, 0.2) is 24.3 Å². The first kappa shape index (κ1) is 14.1. The second kappa shape index (κ2) is 5.85. The number of hydrogen-bond donors (Lipinski definition) is 1. The van der Waals surface area contributed by atoms with E-state index in [0.29, 0.717) is 23.9 Å². The van der Waals surface area contributed by atoms with Gasteiger partial charge in [0.05, 0.1) is 0 Å². The summed E-state index contributed by atoms with van der Waals surface area (Å²) >= 11 is 0. The molecule has 1 heterocycles. The van der Waals surface area contributed by atoms with Gasteiger partial charge in [-0.05, 0) is 43.9 Å². The lowest BCUT2D eigenvalue weighted by Crippen LogP contribution is -2.29. The molecule has 21 heavy (non-hydrogen) atoms. The van der Waals surface area contributed by atoms with E-state index in [0.717, 1.165) is 25.7 Å². The van der Waals surface area contributed by atoms with E-state index >= 15 is 0 Å². The molecule has 0 unspecified atom stereocenters. The van der Waals surface area contributed by atoms with Crippen molar-refractivity contribution in [2.45, 2.75) is 37.8 Å². The van der Waals surface area contributed by atoms with E-state index in [1.807, 2.05) is 7.05 Å². The average molecular weight is 288 g/mol. The molecule has 5 heteroatoms. The molecule has 1 N–H and O–H groups in total. The molecule has 0 spiro atoms. The van der Waals surface area contributed by atoms with E-state index in [1.165, 1.54) is 0 Å². The first-order valence-corrected chi connectivity index (χ1v) is 7.45. The summed E-state index contributed by atoms with van der Waals surface area (Å²) in [5.74, 6) is -0.127. The Morgan fingerprint density at radius 3 is 2.76 bits per heavy atom. The van der Waals surface area contributed by atoms with Crippen LogP contribution in [-0.2, 0) is 9.53 Å². The van der Waals surface area contributed by atoms with Gasteiger partial charge in [0.15, 0.2) is 0 Å². The first-order chi connectivity index (χ1) is 10.1. The van der Waals surface area contributed by atoms with Gasteiger partial charge < -0.3 is 15.0 Å². The third-order valence-corrected chi connectivity index (χ3v) is 4.01. The van der Waals surface area contributed by atoms with Crippen LogP contribution in [0, 0.1) is 0 Å². The smallest absolute Gasteiger partial charge is 0.253 e. The van der Waals surface area contributed by atoms with Gasteiger partial charge in [-0.15, -0.1) is 0 Å². The number of carbonyl (C=O) groups excluding carboxylic acids is 2. The molecule has 1 saturated carbocycles. The lowest BCUT2D eigenvalue weighted by Gasteiger charge is -2.17. The van der Waals surface area contributed by atoms with E-state index in [4.69, 9.17) is 4.74 Å². The number of hydrogen-bond acceptors (Lipinski definition) is 3. The summed E-state index contributed by atoms with van der Waals surface area (Å²) in [6.45, 7) is 0.642. The Morgan fingerprint density at radius 1 is 1.29 bits per heavy atom.